The molecule has 2 rings (SSSR count). The maximum Gasteiger partial charge on any atom is 0.0912 e. The minimum Gasteiger partial charge on any atom is -0.240 e. The molecular formula is C13H11N3. The third-order valence-electron chi connectivity index (χ3n) is 2.32. The average Bonchev–Trinajstić information content (AvgIpc) is 2.75. The number of nitriles is 1. The van der Waals surface area contributed by atoms with E-state index in [0.29, 0.717) is 0 Å². The fourth-order valence-corrected chi connectivity index (χ4v) is 1.51. The third kappa shape index (κ3) is 2.01. The molecule has 2 aromatic rings. The number of hydrogen-bond acceptors (Lipinski definition) is 2. The zero-order valence-electron chi connectivity index (χ0n) is 8.96. The van der Waals surface area contributed by atoms with Gasteiger partial charge in [-0.1, -0.05) is 18.2 Å². The number of aromatic nitrogens is 2. The van der Waals surface area contributed by atoms with E-state index in [9.17, 15) is 0 Å². The summed E-state index contributed by atoms with van der Waals surface area (Å²) in [5.41, 5.74) is 3.14. The van der Waals surface area contributed by atoms with Crippen LogP contribution >= 0.6 is 0 Å². The highest BCUT2D eigenvalue weighted by molar-refractivity contribution is 5.51. The summed E-state index contributed by atoms with van der Waals surface area (Å²) in [5, 5.41) is 12.7. The molecule has 0 bridgehead atoms. The van der Waals surface area contributed by atoms with Crippen molar-refractivity contribution in [3.8, 4) is 11.8 Å². The lowest BCUT2D eigenvalue weighted by Crippen LogP contribution is -1.96. The molecule has 0 radical (unpaired) electrons. The Bertz CT molecular complexity index is 559. The first-order valence-corrected chi connectivity index (χ1v) is 4.98. The molecule has 3 heteroatoms. The Morgan fingerprint density at radius 3 is 2.94 bits per heavy atom. The quantitative estimate of drug-likeness (QED) is 0.713. The normalized spacial score (nSPS) is 10.5. The molecule has 0 aliphatic carbocycles. The maximum absolute atomic E-state index is 8.43. The molecule has 0 saturated heterocycles. The Kier molecular flexibility index (Phi) is 2.84. The zero-order valence-corrected chi connectivity index (χ0v) is 8.96. The Hall–Kier alpha value is -2.34. The van der Waals surface area contributed by atoms with Crippen LogP contribution in [0.15, 0.2) is 42.7 Å². The van der Waals surface area contributed by atoms with Gasteiger partial charge in [0.15, 0.2) is 0 Å². The van der Waals surface area contributed by atoms with Crippen molar-refractivity contribution in [3.63, 3.8) is 0 Å². The summed E-state index contributed by atoms with van der Waals surface area (Å²) < 4.78 is 1.81. The highest BCUT2D eigenvalue weighted by Gasteiger charge is 2.00. The molecule has 78 valence electrons. The largest absolute Gasteiger partial charge is 0.240 e. The lowest BCUT2D eigenvalue weighted by atomic mass is 10.2. The molecule has 0 amide bonds. The Morgan fingerprint density at radius 2 is 2.19 bits per heavy atom. The van der Waals surface area contributed by atoms with Crippen molar-refractivity contribution in [1.29, 1.82) is 5.26 Å². The van der Waals surface area contributed by atoms with E-state index in [1.807, 2.05) is 48.1 Å². The molecule has 3 nitrogen and oxygen atoms in total. The first-order chi connectivity index (χ1) is 7.81. The number of allylic oxidation sites excluding steroid dienone is 1. The molecule has 0 unspecified atom stereocenters. The van der Waals surface area contributed by atoms with Crippen molar-refractivity contribution in [2.75, 3.05) is 0 Å². The van der Waals surface area contributed by atoms with Gasteiger partial charge < -0.3 is 0 Å². The summed E-state index contributed by atoms with van der Waals surface area (Å²) in [7, 11) is 0. The van der Waals surface area contributed by atoms with Crippen LogP contribution in [0.1, 0.15) is 11.1 Å². The first kappa shape index (κ1) is 10.2. The SMILES string of the molecule is Cc1ccccc1-n1cc(C=CC#N)cn1. The van der Waals surface area contributed by atoms with Crippen molar-refractivity contribution in [2.24, 2.45) is 0 Å². The predicted molar refractivity (Wildman–Crippen MR) is 62.9 cm³/mol. The fraction of sp³-hybridized carbons (Fsp3) is 0.0769. The van der Waals surface area contributed by atoms with E-state index in [1.54, 1.807) is 12.3 Å². The number of rotatable bonds is 2. The lowest BCUT2D eigenvalue weighted by Gasteiger charge is -2.03. The third-order valence-corrected chi connectivity index (χ3v) is 2.32. The maximum atomic E-state index is 8.43. The highest BCUT2D eigenvalue weighted by atomic mass is 15.3. The van der Waals surface area contributed by atoms with Crippen molar-refractivity contribution in [2.45, 2.75) is 6.92 Å². The van der Waals surface area contributed by atoms with Gasteiger partial charge >= 0.3 is 0 Å². The summed E-state index contributed by atoms with van der Waals surface area (Å²) in [4.78, 5) is 0. The summed E-state index contributed by atoms with van der Waals surface area (Å²) >= 11 is 0. The van der Waals surface area contributed by atoms with Gasteiger partial charge in [0.1, 0.15) is 0 Å². The molecule has 0 fully saturated rings. The van der Waals surface area contributed by atoms with Crippen molar-refractivity contribution in [3.05, 3.63) is 53.9 Å². The van der Waals surface area contributed by atoms with Gasteiger partial charge in [-0.05, 0) is 24.6 Å². The van der Waals surface area contributed by atoms with E-state index >= 15 is 0 Å². The van der Waals surface area contributed by atoms with Gasteiger partial charge in [0.25, 0.3) is 0 Å². The second-order valence-electron chi connectivity index (χ2n) is 3.47. The molecule has 0 spiro atoms. The van der Waals surface area contributed by atoms with Crippen LogP contribution in [0, 0.1) is 18.3 Å². The predicted octanol–water partition coefficient (Wildman–Crippen LogP) is 2.72. The summed E-state index contributed by atoms with van der Waals surface area (Å²) in [6.07, 6.45) is 6.82. The minimum atomic E-state index is 0.921. The van der Waals surface area contributed by atoms with Crippen LogP contribution in [0.5, 0.6) is 0 Å². The lowest BCUT2D eigenvalue weighted by molar-refractivity contribution is 0.873. The monoisotopic (exact) mass is 209 g/mol. The van der Waals surface area contributed by atoms with E-state index in [1.165, 1.54) is 11.6 Å². The number of para-hydroxylation sites is 1. The molecule has 1 aromatic carbocycles. The van der Waals surface area contributed by atoms with Crippen LogP contribution in [0.3, 0.4) is 0 Å². The van der Waals surface area contributed by atoms with Crippen molar-refractivity contribution < 1.29 is 0 Å². The number of benzene rings is 1. The topological polar surface area (TPSA) is 41.6 Å². The van der Waals surface area contributed by atoms with Crippen LogP contribution < -0.4 is 0 Å². The molecular weight excluding hydrogens is 198 g/mol. The van der Waals surface area contributed by atoms with Gasteiger partial charge in [-0.2, -0.15) is 10.4 Å². The molecule has 0 atom stereocenters. The fourth-order valence-electron chi connectivity index (χ4n) is 1.51. The smallest absolute Gasteiger partial charge is 0.0912 e. The van der Waals surface area contributed by atoms with Gasteiger partial charge in [-0.3, -0.25) is 0 Å². The summed E-state index contributed by atoms with van der Waals surface area (Å²) in [6, 6.07) is 10.00. The molecule has 0 N–H and O–H groups in total. The van der Waals surface area contributed by atoms with Crippen LogP contribution in [-0.4, -0.2) is 9.78 Å². The second-order valence-corrected chi connectivity index (χ2v) is 3.47. The van der Waals surface area contributed by atoms with Crippen LogP contribution in [0.25, 0.3) is 11.8 Å². The number of hydrogen-bond donors (Lipinski definition) is 0. The number of aryl methyl sites for hydroxylation is 1. The van der Waals surface area contributed by atoms with Crippen LogP contribution in [0.4, 0.5) is 0 Å². The second kappa shape index (κ2) is 4.45. The standard InChI is InChI=1S/C13H11N3/c1-11-5-2-3-7-13(11)16-10-12(9-15-16)6-4-8-14/h2-7,9-10H,1H3. The summed E-state index contributed by atoms with van der Waals surface area (Å²) in [5.74, 6) is 0. The Labute approximate surface area is 94.3 Å². The van der Waals surface area contributed by atoms with Gasteiger partial charge in [-0.25, -0.2) is 4.68 Å². The molecule has 16 heavy (non-hydrogen) atoms. The van der Waals surface area contributed by atoms with Gasteiger partial charge in [0.2, 0.25) is 0 Å². The van der Waals surface area contributed by atoms with Gasteiger partial charge in [0.05, 0.1) is 18.0 Å². The van der Waals surface area contributed by atoms with E-state index in [4.69, 9.17) is 5.26 Å². The molecule has 0 aliphatic rings. The Morgan fingerprint density at radius 1 is 1.38 bits per heavy atom. The van der Waals surface area contributed by atoms with E-state index in [0.717, 1.165) is 11.3 Å². The Balaban J connectivity index is 2.36. The van der Waals surface area contributed by atoms with Gasteiger partial charge in [0, 0.05) is 17.8 Å². The van der Waals surface area contributed by atoms with Crippen molar-refractivity contribution in [1.82, 2.24) is 9.78 Å². The van der Waals surface area contributed by atoms with Gasteiger partial charge in [-0.15, -0.1) is 0 Å². The van der Waals surface area contributed by atoms with Crippen LogP contribution in [0.2, 0.25) is 0 Å². The first-order valence-electron chi connectivity index (χ1n) is 4.98. The van der Waals surface area contributed by atoms with E-state index in [2.05, 4.69) is 5.10 Å². The van der Waals surface area contributed by atoms with Crippen molar-refractivity contribution >= 4 is 6.08 Å². The number of nitrogens with zero attached hydrogens (tertiary/aromatic N) is 3. The van der Waals surface area contributed by atoms with Crippen LogP contribution in [-0.2, 0) is 0 Å². The van der Waals surface area contributed by atoms with E-state index < -0.39 is 0 Å². The molecule has 0 aliphatic heterocycles. The van der Waals surface area contributed by atoms with E-state index in [-0.39, 0.29) is 0 Å². The minimum absolute atomic E-state index is 0.921. The molecule has 1 heterocycles. The zero-order chi connectivity index (χ0) is 11.4. The molecule has 1 aromatic heterocycles. The average molecular weight is 209 g/mol. The summed E-state index contributed by atoms with van der Waals surface area (Å²) in [6.45, 7) is 2.04. The highest BCUT2D eigenvalue weighted by Crippen LogP contribution is 2.13. The molecule has 0 saturated carbocycles.